The van der Waals surface area contributed by atoms with Crippen LogP contribution >= 0.6 is 7.92 Å². The van der Waals surface area contributed by atoms with E-state index in [0.29, 0.717) is 0 Å². The van der Waals surface area contributed by atoms with Crippen LogP contribution in [0.3, 0.4) is 0 Å². The van der Waals surface area contributed by atoms with E-state index in [4.69, 9.17) is 9.47 Å². The van der Waals surface area contributed by atoms with Crippen LogP contribution in [-0.4, -0.2) is 23.0 Å². The van der Waals surface area contributed by atoms with Gasteiger partial charge in [0.05, 0.1) is 14.2 Å². The lowest BCUT2D eigenvalue weighted by atomic mass is 9.88. The second kappa shape index (κ2) is 10.8. The molecular formula is C37H33O2PSi. The van der Waals surface area contributed by atoms with Crippen molar-refractivity contribution in [1.82, 2.24) is 0 Å². The minimum atomic E-state index is -1.64. The van der Waals surface area contributed by atoms with Gasteiger partial charge >= 0.3 is 0 Å². The van der Waals surface area contributed by atoms with Crippen molar-refractivity contribution in [3.05, 3.63) is 126 Å². The highest BCUT2D eigenvalue weighted by atomic mass is 31.1. The standard InChI is InChI=1S/C37H33O2PSi/c1-38-31-15-10-16-32(39-2)37(31)41(3)34-18-9-8-17-33(34)40-23-27-21-19-25-11-4-6-13-29(25)35(27)36-28(24-40)22-20-26-12-5-7-14-30(26)36/h4-22,41H,23-24H2,1-3H3/t41-/m0/s1. The fourth-order valence-electron chi connectivity index (χ4n) is 6.73. The molecule has 6 aromatic carbocycles. The van der Waals surface area contributed by atoms with Crippen molar-refractivity contribution in [3.8, 4) is 22.6 Å². The Kier molecular flexibility index (Phi) is 6.86. The quantitative estimate of drug-likeness (QED) is 0.159. The Hall–Kier alpha value is -3.91. The Bertz CT molecular complexity index is 1800. The SMILES string of the molecule is COc1cccc(OC)c1[Si@@H](C)c1ccccc1P1Cc2ccc3ccccc3c2-c2c(ccc3ccccc23)C1. The fraction of sp³-hybridized carbons (Fsp3) is 0.135. The molecule has 4 heteroatoms. The smallest absolute Gasteiger partial charge is 0.121 e. The summed E-state index contributed by atoms with van der Waals surface area (Å²) in [5.41, 5.74) is 5.77. The number of fused-ring (bicyclic) bond motifs is 7. The van der Waals surface area contributed by atoms with Gasteiger partial charge < -0.3 is 9.47 Å². The molecule has 41 heavy (non-hydrogen) atoms. The molecule has 0 unspecified atom stereocenters. The van der Waals surface area contributed by atoms with Gasteiger partial charge in [-0.3, -0.25) is 0 Å². The van der Waals surface area contributed by atoms with Gasteiger partial charge in [-0.05, 0) is 73.6 Å². The minimum absolute atomic E-state index is 0.496. The predicted molar refractivity (Wildman–Crippen MR) is 179 cm³/mol. The molecule has 0 aliphatic carbocycles. The lowest BCUT2D eigenvalue weighted by molar-refractivity contribution is 0.400. The van der Waals surface area contributed by atoms with Crippen LogP contribution in [0.5, 0.6) is 11.5 Å². The van der Waals surface area contributed by atoms with Gasteiger partial charge in [-0.2, -0.15) is 0 Å². The Morgan fingerprint density at radius 1 is 0.561 bits per heavy atom. The van der Waals surface area contributed by atoms with Gasteiger partial charge in [0, 0.05) is 5.19 Å². The predicted octanol–water partition coefficient (Wildman–Crippen LogP) is 7.47. The third-order valence-corrected chi connectivity index (χ3v) is 14.3. The number of methoxy groups -OCH3 is 2. The monoisotopic (exact) mass is 568 g/mol. The summed E-state index contributed by atoms with van der Waals surface area (Å²) in [6.45, 7) is 2.43. The number of benzene rings is 6. The van der Waals surface area contributed by atoms with Crippen molar-refractivity contribution in [1.29, 1.82) is 0 Å². The molecule has 0 fully saturated rings. The van der Waals surface area contributed by atoms with Gasteiger partial charge in [0.1, 0.15) is 20.3 Å². The van der Waals surface area contributed by atoms with E-state index in [-0.39, 0.29) is 0 Å². The molecule has 0 N–H and O–H groups in total. The van der Waals surface area contributed by atoms with Crippen molar-refractivity contribution in [2.24, 2.45) is 0 Å². The molecule has 0 amide bonds. The third-order valence-electron chi connectivity index (χ3n) is 8.65. The van der Waals surface area contributed by atoms with Gasteiger partial charge in [0.25, 0.3) is 0 Å². The zero-order valence-electron chi connectivity index (χ0n) is 23.7. The molecule has 7 rings (SSSR count). The van der Waals surface area contributed by atoms with Crippen LogP contribution in [-0.2, 0) is 12.3 Å². The molecule has 0 saturated heterocycles. The molecule has 1 aliphatic rings. The highest BCUT2D eigenvalue weighted by Gasteiger charge is 2.29. The molecule has 0 radical (unpaired) electrons. The molecule has 1 aliphatic heterocycles. The molecular weight excluding hydrogens is 535 g/mol. The topological polar surface area (TPSA) is 18.5 Å². The second-order valence-corrected chi connectivity index (χ2v) is 15.7. The van der Waals surface area contributed by atoms with Crippen LogP contribution in [0.25, 0.3) is 32.7 Å². The number of hydrogen-bond acceptors (Lipinski definition) is 2. The van der Waals surface area contributed by atoms with Crippen molar-refractivity contribution >= 4 is 53.9 Å². The first-order valence-corrected chi connectivity index (χ1v) is 18.3. The van der Waals surface area contributed by atoms with Crippen molar-refractivity contribution < 1.29 is 9.47 Å². The highest BCUT2D eigenvalue weighted by Crippen LogP contribution is 2.52. The Morgan fingerprint density at radius 3 is 1.63 bits per heavy atom. The molecule has 1 atom stereocenters. The van der Waals surface area contributed by atoms with Crippen molar-refractivity contribution in [2.45, 2.75) is 18.9 Å². The summed E-state index contributed by atoms with van der Waals surface area (Å²) in [5.74, 6) is 1.86. The summed E-state index contributed by atoms with van der Waals surface area (Å²) >= 11 is 0. The van der Waals surface area contributed by atoms with Crippen LogP contribution in [0.1, 0.15) is 11.1 Å². The highest BCUT2D eigenvalue weighted by molar-refractivity contribution is 7.64. The van der Waals surface area contributed by atoms with E-state index in [2.05, 4.69) is 116 Å². The first kappa shape index (κ1) is 26.0. The van der Waals surface area contributed by atoms with Crippen molar-refractivity contribution in [2.75, 3.05) is 14.2 Å². The van der Waals surface area contributed by atoms with E-state index in [1.807, 2.05) is 6.07 Å². The average molecular weight is 569 g/mol. The lowest BCUT2D eigenvalue weighted by Gasteiger charge is -2.25. The summed E-state index contributed by atoms with van der Waals surface area (Å²) in [6.07, 6.45) is 2.14. The Morgan fingerprint density at radius 2 is 1.07 bits per heavy atom. The van der Waals surface area contributed by atoms with Gasteiger partial charge in [-0.15, -0.1) is 0 Å². The van der Waals surface area contributed by atoms with Crippen LogP contribution in [0.2, 0.25) is 6.55 Å². The van der Waals surface area contributed by atoms with Gasteiger partial charge in [0.2, 0.25) is 0 Å². The molecule has 0 spiro atoms. The summed E-state index contributed by atoms with van der Waals surface area (Å²) in [5, 5.41) is 9.58. The zero-order valence-corrected chi connectivity index (χ0v) is 25.8. The maximum Gasteiger partial charge on any atom is 0.121 e. The van der Waals surface area contributed by atoms with Gasteiger partial charge in [-0.25, -0.2) is 0 Å². The largest absolute Gasteiger partial charge is 0.497 e. The second-order valence-electron chi connectivity index (χ2n) is 10.9. The minimum Gasteiger partial charge on any atom is -0.497 e. The Balaban J connectivity index is 1.44. The molecule has 2 nitrogen and oxygen atoms in total. The van der Waals surface area contributed by atoms with Crippen LogP contribution in [0, 0.1) is 0 Å². The van der Waals surface area contributed by atoms with Crippen molar-refractivity contribution in [3.63, 3.8) is 0 Å². The zero-order chi connectivity index (χ0) is 27.9. The first-order chi connectivity index (χ1) is 20.2. The molecule has 1 heterocycles. The molecule has 0 aromatic heterocycles. The summed E-state index contributed by atoms with van der Waals surface area (Å²) in [7, 11) is 1.39. The molecule has 0 saturated carbocycles. The average Bonchev–Trinajstić information content (AvgIpc) is 3.21. The number of hydrogen-bond donors (Lipinski definition) is 0. The van der Waals surface area contributed by atoms with Gasteiger partial charge in [-0.1, -0.05) is 123 Å². The van der Waals surface area contributed by atoms with E-state index < -0.39 is 16.7 Å². The van der Waals surface area contributed by atoms with E-state index in [9.17, 15) is 0 Å². The summed E-state index contributed by atoms with van der Waals surface area (Å²) in [4.78, 5) is 0. The van der Waals surface area contributed by atoms with Crippen LogP contribution in [0.4, 0.5) is 0 Å². The van der Waals surface area contributed by atoms with Gasteiger partial charge in [0.15, 0.2) is 0 Å². The maximum atomic E-state index is 5.87. The van der Waals surface area contributed by atoms with E-state index in [0.717, 1.165) is 23.8 Å². The summed E-state index contributed by atoms with van der Waals surface area (Å²) < 4.78 is 11.7. The van der Waals surface area contributed by atoms with Crippen LogP contribution in [0.15, 0.2) is 115 Å². The molecule has 0 bridgehead atoms. The number of ether oxygens (including phenoxy) is 2. The Labute approximate surface area is 244 Å². The van der Waals surface area contributed by atoms with E-state index in [1.165, 1.54) is 59.5 Å². The lowest BCUT2D eigenvalue weighted by Crippen LogP contribution is -2.47. The maximum absolute atomic E-state index is 5.87. The van der Waals surface area contributed by atoms with E-state index >= 15 is 0 Å². The molecule has 202 valence electrons. The third kappa shape index (κ3) is 4.45. The summed E-state index contributed by atoms with van der Waals surface area (Å²) in [6, 6.07) is 42.6. The first-order valence-electron chi connectivity index (χ1n) is 14.2. The normalized spacial score (nSPS) is 13.8. The molecule has 6 aromatic rings. The van der Waals surface area contributed by atoms with Crippen LogP contribution < -0.4 is 25.2 Å². The van der Waals surface area contributed by atoms with E-state index in [1.54, 1.807) is 14.2 Å². The fourth-order valence-corrected chi connectivity index (χ4v) is 12.9. The number of rotatable bonds is 5.